The molecule has 2 rings (SSSR count). The van der Waals surface area contributed by atoms with Crippen molar-refractivity contribution >= 4 is 35.3 Å². The molecule has 4 atom stereocenters. The Morgan fingerprint density at radius 3 is 2.67 bits per heavy atom. The van der Waals surface area contributed by atoms with Crippen molar-refractivity contribution in [1.82, 2.24) is 0 Å². The van der Waals surface area contributed by atoms with Gasteiger partial charge in [-0.05, 0) is 18.4 Å². The summed E-state index contributed by atoms with van der Waals surface area (Å²) in [7, 11) is 1.22. The van der Waals surface area contributed by atoms with Crippen LogP contribution in [0.5, 0.6) is 0 Å². The number of aldehydes is 1. The number of carbonyl (C=O) groups excluding carboxylic acids is 2. The number of carbonyl (C=O) groups is 3. The minimum absolute atomic E-state index is 0.346. The van der Waals surface area contributed by atoms with E-state index >= 15 is 0 Å². The van der Waals surface area contributed by atoms with Crippen LogP contribution in [-0.4, -0.2) is 42.2 Å². The van der Waals surface area contributed by atoms with Crippen LogP contribution in [0.3, 0.4) is 0 Å². The molecule has 7 heteroatoms. The van der Waals surface area contributed by atoms with Crippen LogP contribution in [0.25, 0.3) is 0 Å². The molecule has 6 nitrogen and oxygen atoms in total. The molecule has 1 aliphatic heterocycles. The first-order chi connectivity index (χ1) is 10.0. The summed E-state index contributed by atoms with van der Waals surface area (Å²) in [5.74, 6) is -4.19. The normalized spacial score (nSPS) is 28.6. The second-order valence-corrected chi connectivity index (χ2v) is 5.78. The summed E-state index contributed by atoms with van der Waals surface area (Å²) < 4.78 is 4.76. The molecule has 0 fully saturated rings. The van der Waals surface area contributed by atoms with Crippen molar-refractivity contribution < 1.29 is 24.2 Å². The maximum atomic E-state index is 12.1. The molecule has 21 heavy (non-hydrogen) atoms. The Bertz CT molecular complexity index is 580. The van der Waals surface area contributed by atoms with E-state index in [1.807, 2.05) is 0 Å². The van der Waals surface area contributed by atoms with Crippen LogP contribution in [0.15, 0.2) is 22.5 Å². The predicted molar refractivity (Wildman–Crippen MR) is 76.7 cm³/mol. The molecule has 0 bridgehead atoms. The van der Waals surface area contributed by atoms with Crippen molar-refractivity contribution in [2.75, 3.05) is 7.11 Å². The van der Waals surface area contributed by atoms with Gasteiger partial charge in [0.15, 0.2) is 0 Å². The van der Waals surface area contributed by atoms with Crippen LogP contribution in [0.2, 0.25) is 0 Å². The van der Waals surface area contributed by atoms with E-state index < -0.39 is 35.7 Å². The van der Waals surface area contributed by atoms with Gasteiger partial charge in [0.05, 0.1) is 13.0 Å². The minimum Gasteiger partial charge on any atom is -0.481 e. The zero-order chi connectivity index (χ0) is 15.6. The smallest absolute Gasteiger partial charge is 0.312 e. The number of thiophene rings is 1. The molecule has 0 radical (unpaired) electrons. The molecular weight excluding hydrogens is 294 g/mol. The molecule has 1 aromatic heterocycles. The molecule has 0 saturated heterocycles. The van der Waals surface area contributed by atoms with Gasteiger partial charge < -0.3 is 14.6 Å². The van der Waals surface area contributed by atoms with Gasteiger partial charge >= 0.3 is 11.9 Å². The number of carboxylic acid groups (broad SMARTS) is 1. The zero-order valence-electron chi connectivity index (χ0n) is 11.6. The Morgan fingerprint density at radius 2 is 2.19 bits per heavy atom. The molecule has 1 N–H and O–H groups in total. The minimum atomic E-state index is -1.06. The van der Waals surface area contributed by atoms with Gasteiger partial charge in [0.25, 0.3) is 0 Å². The van der Waals surface area contributed by atoms with Gasteiger partial charge in [0.1, 0.15) is 18.2 Å². The molecule has 1 aliphatic rings. The second-order valence-electron chi connectivity index (χ2n) is 4.80. The number of hydrogen-bond acceptors (Lipinski definition) is 6. The van der Waals surface area contributed by atoms with Crippen LogP contribution >= 0.6 is 11.3 Å². The van der Waals surface area contributed by atoms with Gasteiger partial charge in [-0.25, -0.2) is 0 Å². The molecule has 1 aromatic rings. The number of aliphatic carboxylic acids is 1. The molecule has 2 heterocycles. The fourth-order valence-corrected chi connectivity index (χ4v) is 3.68. The summed E-state index contributed by atoms with van der Waals surface area (Å²) in [6.45, 7) is 1.57. The lowest BCUT2D eigenvalue weighted by molar-refractivity contribution is -0.150. The summed E-state index contributed by atoms with van der Waals surface area (Å²) in [5, 5.41) is 11.3. The van der Waals surface area contributed by atoms with Crippen molar-refractivity contribution in [3.05, 3.63) is 22.4 Å². The summed E-state index contributed by atoms with van der Waals surface area (Å²) in [4.78, 5) is 39.8. The summed E-state index contributed by atoms with van der Waals surface area (Å²) in [6.07, 6.45) is 0.573. The number of rotatable bonds is 4. The topological polar surface area (TPSA) is 93.0 Å². The highest BCUT2D eigenvalue weighted by atomic mass is 32.1. The first-order valence-corrected chi connectivity index (χ1v) is 7.22. The number of nitrogens with zero attached hydrogens (tertiary/aromatic N) is 1. The number of hydrogen-bond donors (Lipinski definition) is 1. The highest BCUT2D eigenvalue weighted by Gasteiger charge is 2.48. The summed E-state index contributed by atoms with van der Waals surface area (Å²) >= 11 is 1.35. The fraction of sp³-hybridized carbons (Fsp3) is 0.429. The predicted octanol–water partition coefficient (Wildman–Crippen LogP) is 1.36. The van der Waals surface area contributed by atoms with Crippen LogP contribution in [-0.2, 0) is 19.1 Å². The molecule has 0 saturated carbocycles. The van der Waals surface area contributed by atoms with E-state index in [0.717, 1.165) is 4.88 Å². The van der Waals surface area contributed by atoms with Gasteiger partial charge in [-0.15, -0.1) is 11.3 Å². The van der Waals surface area contributed by atoms with Gasteiger partial charge in [-0.2, -0.15) is 0 Å². The zero-order valence-corrected chi connectivity index (χ0v) is 12.4. The second kappa shape index (κ2) is 6.17. The highest BCUT2D eigenvalue weighted by Crippen LogP contribution is 2.42. The van der Waals surface area contributed by atoms with Crippen LogP contribution in [0, 0.1) is 11.8 Å². The third kappa shape index (κ3) is 2.73. The summed E-state index contributed by atoms with van der Waals surface area (Å²) in [6, 6.07) is 2.63. The largest absolute Gasteiger partial charge is 0.481 e. The number of esters is 1. The standard InChI is InChI=1S/C14H15NO5S/c1-7-10(13(17)18)12(9-4-3-5-21-9)11(14(19)20-2)8(6-16)15-7/h3-6,8,10-12H,1-2H3,(H,17,18). The van der Waals surface area contributed by atoms with Crippen molar-refractivity contribution in [2.24, 2.45) is 16.8 Å². The third-order valence-electron chi connectivity index (χ3n) is 3.67. The van der Waals surface area contributed by atoms with Crippen LogP contribution in [0.4, 0.5) is 0 Å². The van der Waals surface area contributed by atoms with Gasteiger partial charge in [0, 0.05) is 16.5 Å². The summed E-state index contributed by atoms with van der Waals surface area (Å²) in [5.41, 5.74) is 0.346. The average molecular weight is 309 g/mol. The van der Waals surface area contributed by atoms with E-state index in [9.17, 15) is 19.5 Å². The van der Waals surface area contributed by atoms with Gasteiger partial charge in [-0.3, -0.25) is 14.6 Å². The Labute approximate surface area is 125 Å². The van der Waals surface area contributed by atoms with E-state index in [1.54, 1.807) is 24.4 Å². The maximum absolute atomic E-state index is 12.1. The third-order valence-corrected chi connectivity index (χ3v) is 4.64. The Hall–Kier alpha value is -2.02. The van der Waals surface area contributed by atoms with E-state index in [2.05, 4.69) is 4.99 Å². The monoisotopic (exact) mass is 309 g/mol. The number of aliphatic imine (C=N–C) groups is 1. The molecule has 4 unspecified atom stereocenters. The van der Waals surface area contributed by atoms with Crippen LogP contribution < -0.4 is 0 Å². The molecule has 0 aliphatic carbocycles. The van der Waals surface area contributed by atoms with Gasteiger partial charge in [0.2, 0.25) is 0 Å². The van der Waals surface area contributed by atoms with Crippen molar-refractivity contribution in [3.8, 4) is 0 Å². The maximum Gasteiger partial charge on any atom is 0.312 e. The number of methoxy groups -OCH3 is 1. The lowest BCUT2D eigenvalue weighted by atomic mass is 9.72. The molecular formula is C14H15NO5S. The highest BCUT2D eigenvalue weighted by molar-refractivity contribution is 7.10. The van der Waals surface area contributed by atoms with Crippen molar-refractivity contribution in [2.45, 2.75) is 18.9 Å². The van der Waals surface area contributed by atoms with E-state index in [-0.39, 0.29) is 0 Å². The van der Waals surface area contributed by atoms with Crippen LogP contribution in [0.1, 0.15) is 17.7 Å². The number of carboxylic acids is 1. The lowest BCUT2D eigenvalue weighted by Crippen LogP contribution is -2.46. The molecule has 0 spiro atoms. The van der Waals surface area contributed by atoms with E-state index in [4.69, 9.17) is 4.74 Å². The average Bonchev–Trinajstić information content (AvgIpc) is 2.98. The molecule has 0 aromatic carbocycles. The van der Waals surface area contributed by atoms with Crippen molar-refractivity contribution in [1.29, 1.82) is 0 Å². The molecule has 0 amide bonds. The Morgan fingerprint density at radius 1 is 1.48 bits per heavy atom. The number of ether oxygens (including phenoxy) is 1. The van der Waals surface area contributed by atoms with E-state index in [1.165, 1.54) is 18.4 Å². The SMILES string of the molecule is COC(=O)C1C(C=O)N=C(C)C(C(=O)O)C1c1cccs1. The Kier molecular flexibility index (Phi) is 4.52. The van der Waals surface area contributed by atoms with E-state index in [0.29, 0.717) is 12.0 Å². The first kappa shape index (κ1) is 15.4. The molecule has 112 valence electrons. The Balaban J connectivity index is 2.59. The van der Waals surface area contributed by atoms with Gasteiger partial charge in [-0.1, -0.05) is 6.07 Å². The quantitative estimate of drug-likeness (QED) is 0.669. The fourth-order valence-electron chi connectivity index (χ4n) is 2.77. The van der Waals surface area contributed by atoms with Crippen molar-refractivity contribution in [3.63, 3.8) is 0 Å². The lowest BCUT2D eigenvalue weighted by Gasteiger charge is -2.35. The first-order valence-electron chi connectivity index (χ1n) is 6.34.